The normalized spacial score (nSPS) is 12.0. The van der Waals surface area contributed by atoms with Crippen LogP contribution < -0.4 is 0 Å². The molecular weight excluding hydrogens is 748 g/mol. The molecule has 0 rings (SSSR count). The van der Waals surface area contributed by atoms with Crippen molar-refractivity contribution in [3.63, 3.8) is 0 Å². The first-order valence-electron chi connectivity index (χ1n) is 1.43. The van der Waals surface area contributed by atoms with Crippen LogP contribution in [0.15, 0.2) is 0 Å². The van der Waals surface area contributed by atoms with E-state index in [-0.39, 0.29) is 0 Å². The molecular formula is Cl4I4TiV. The Morgan fingerprint density at radius 2 is 0.800 bits per heavy atom. The van der Waals surface area contributed by atoms with Crippen LogP contribution in [0, 0.1) is 0 Å². The maximum absolute atomic E-state index is 5.00. The number of rotatable bonds is 0. The van der Waals surface area contributed by atoms with Gasteiger partial charge in [-0.05, 0) is 0 Å². The monoisotopic (exact) mass is 746 g/mol. The van der Waals surface area contributed by atoms with Crippen molar-refractivity contribution in [3.8, 4) is 0 Å². The quantitative estimate of drug-likeness (QED) is 0.202. The molecule has 0 N–H and O–H groups in total. The summed E-state index contributed by atoms with van der Waals surface area (Å²) >= 11 is 10.1. The third-order valence-electron chi connectivity index (χ3n) is 0. The van der Waals surface area contributed by atoms with Crippen molar-refractivity contribution >= 4 is 116 Å². The number of hydrogen-bond donors (Lipinski definition) is 0. The van der Waals surface area contributed by atoms with Gasteiger partial charge in [-0.25, -0.2) is 0 Å². The van der Waals surface area contributed by atoms with E-state index in [9.17, 15) is 0 Å². The summed E-state index contributed by atoms with van der Waals surface area (Å²) in [7, 11) is 17.0. The molecule has 0 heterocycles. The summed E-state index contributed by atoms with van der Waals surface area (Å²) in [6, 6.07) is 0. The molecule has 10 heteroatoms. The third-order valence-corrected chi connectivity index (χ3v) is 0. The third kappa shape index (κ3) is 70.9. The molecule has 0 saturated carbocycles. The van der Waals surface area contributed by atoms with Crippen molar-refractivity contribution in [1.82, 2.24) is 0 Å². The molecule has 0 unspecified atom stereocenters. The summed E-state index contributed by atoms with van der Waals surface area (Å²) in [5.74, 6) is 0. The molecule has 0 aliphatic carbocycles. The fourth-order valence-corrected chi connectivity index (χ4v) is 0. The summed E-state index contributed by atoms with van der Waals surface area (Å²) in [6.07, 6.45) is 0. The molecule has 0 atom stereocenters. The molecule has 0 spiro atoms. The topological polar surface area (TPSA) is 0 Å². The average molecular weight is 748 g/mol. The van der Waals surface area contributed by atoms with Crippen LogP contribution in [0.5, 0.6) is 0 Å². The van der Waals surface area contributed by atoms with Gasteiger partial charge in [0.15, 0.2) is 0 Å². The zero-order valence-corrected chi connectivity index (χ0v) is 18.6. The Morgan fingerprint density at radius 1 is 0.800 bits per heavy atom. The Hall–Kier alpha value is 5.38. The first kappa shape index (κ1) is 17.8. The molecule has 0 bridgehead atoms. The van der Waals surface area contributed by atoms with E-state index in [0.29, 0.717) is 0 Å². The second-order valence-electron chi connectivity index (χ2n) is 0.812. The maximum atomic E-state index is 5.00. The van der Waals surface area contributed by atoms with Crippen molar-refractivity contribution < 1.29 is 11.8 Å². The van der Waals surface area contributed by atoms with E-state index in [2.05, 4.69) is 76.8 Å². The van der Waals surface area contributed by atoms with Crippen LogP contribution in [0.1, 0.15) is 0 Å². The Balaban J connectivity index is 0. The molecule has 0 saturated heterocycles. The molecule has 65 valence electrons. The van der Waals surface area contributed by atoms with E-state index in [0.717, 1.165) is 0 Å². The predicted molar refractivity (Wildman–Crippen MR) is 79.5 cm³/mol. The number of hydrogen-bond acceptors (Lipinski definition) is 0. The molecule has 0 aromatic rings. The molecule has 0 aliphatic heterocycles. The predicted octanol–water partition coefficient (Wildman–Crippen LogP) is 6.30. The van der Waals surface area contributed by atoms with Gasteiger partial charge in [0.25, 0.3) is 0 Å². The van der Waals surface area contributed by atoms with Gasteiger partial charge in [0, 0.05) is 0 Å². The van der Waals surface area contributed by atoms with Crippen molar-refractivity contribution in [3.05, 3.63) is 0 Å². The summed E-state index contributed by atoms with van der Waals surface area (Å²) < 4.78 is -1.12. The Kier molecular flexibility index (Phi) is 15.1. The van der Waals surface area contributed by atoms with Gasteiger partial charge in [-0.1, -0.05) is 0 Å². The average Bonchev–Trinajstić information content (AvgIpc) is 1.12. The van der Waals surface area contributed by atoms with E-state index in [1.165, 1.54) is 0 Å². The van der Waals surface area contributed by atoms with E-state index in [4.69, 9.17) is 39.4 Å². The van der Waals surface area contributed by atoms with Gasteiger partial charge in [0.1, 0.15) is 0 Å². The molecule has 0 fully saturated rings. The van der Waals surface area contributed by atoms with Gasteiger partial charge in [-0.2, -0.15) is 0 Å². The van der Waals surface area contributed by atoms with Gasteiger partial charge < -0.3 is 0 Å². The Morgan fingerprint density at radius 3 is 0.800 bits per heavy atom. The van der Waals surface area contributed by atoms with Crippen LogP contribution in [-0.2, 0) is 11.8 Å². The molecule has 0 amide bonds. The van der Waals surface area contributed by atoms with Crippen LogP contribution in [0.3, 0.4) is 0 Å². The van der Waals surface area contributed by atoms with Crippen molar-refractivity contribution in [1.29, 1.82) is 0 Å². The zero-order valence-electron chi connectivity index (χ0n) is 3.97. The summed E-state index contributed by atoms with van der Waals surface area (Å²) in [5, 5.41) is 0. The Bertz CT molecular complexity index is 60.2. The zero-order chi connectivity index (χ0) is 9.00. The van der Waals surface area contributed by atoms with Crippen molar-refractivity contribution in [2.45, 2.75) is 0 Å². The first-order valence-corrected chi connectivity index (χ1v) is 29.3. The molecule has 0 radical (unpaired) electrons. The molecule has 0 aromatic heterocycles. The fourth-order valence-electron chi connectivity index (χ4n) is 0. The fraction of sp³-hybridized carbons (Fsp3) is 0. The van der Waals surface area contributed by atoms with Crippen LogP contribution in [0.25, 0.3) is 0 Å². The van der Waals surface area contributed by atoms with E-state index in [1.54, 1.807) is 0 Å². The number of halogens is 8. The minimum absolute atomic E-state index is 1.12. The summed E-state index contributed by atoms with van der Waals surface area (Å²) in [6.45, 7) is 0. The van der Waals surface area contributed by atoms with Crippen LogP contribution in [-0.4, -0.2) is 0 Å². The Labute approximate surface area is 124 Å². The van der Waals surface area contributed by atoms with Crippen molar-refractivity contribution in [2.24, 2.45) is 0 Å². The van der Waals surface area contributed by atoms with Gasteiger partial charge >= 0.3 is 128 Å². The van der Waals surface area contributed by atoms with E-state index in [1.807, 2.05) is 0 Å². The second-order valence-corrected chi connectivity index (χ2v) is 93.7. The van der Waals surface area contributed by atoms with E-state index < -0.39 is 11.8 Å². The first-order chi connectivity index (χ1) is 4.00. The summed E-state index contributed by atoms with van der Waals surface area (Å²) in [5.41, 5.74) is 0. The van der Waals surface area contributed by atoms with Gasteiger partial charge in [0.2, 0.25) is 0 Å². The van der Waals surface area contributed by atoms with Crippen LogP contribution in [0.4, 0.5) is 0 Å². The standard InChI is InChI=1S/4ClH.4HI.Ti.V/h8*1H;;/q;;;;;;;;2*+4/p-8. The van der Waals surface area contributed by atoms with Crippen LogP contribution >= 0.6 is 116 Å². The SMILES string of the molecule is [Cl][V]([Cl])([Cl])[Cl].[I][Ti]([I])([I])[I]. The minimum atomic E-state index is -2.99. The second kappa shape index (κ2) is 8.52. The molecule has 0 nitrogen and oxygen atoms in total. The van der Waals surface area contributed by atoms with Crippen molar-refractivity contribution in [2.75, 3.05) is 0 Å². The van der Waals surface area contributed by atoms with Gasteiger partial charge in [-0.15, -0.1) is 0 Å². The van der Waals surface area contributed by atoms with Gasteiger partial charge in [0.05, 0.1) is 0 Å². The van der Waals surface area contributed by atoms with Crippen LogP contribution in [0.2, 0.25) is 0 Å². The molecule has 0 aromatic carbocycles. The molecule has 10 heavy (non-hydrogen) atoms. The van der Waals surface area contributed by atoms with E-state index >= 15 is 0 Å². The summed E-state index contributed by atoms with van der Waals surface area (Å²) in [4.78, 5) is 0. The molecule has 0 aliphatic rings. The van der Waals surface area contributed by atoms with Gasteiger partial charge in [-0.3, -0.25) is 0 Å².